The third-order valence-corrected chi connectivity index (χ3v) is 5.54. The van der Waals surface area contributed by atoms with E-state index >= 15 is 0 Å². The molecule has 2 aliphatic carbocycles. The minimum atomic E-state index is -0.0475. The molecule has 2 aromatic rings. The Morgan fingerprint density at radius 2 is 2.24 bits per heavy atom. The zero-order chi connectivity index (χ0) is 14.4. The fourth-order valence-corrected chi connectivity index (χ4v) is 4.44. The molecule has 1 fully saturated rings. The molecule has 1 heterocycles. The first kappa shape index (κ1) is 12.9. The third-order valence-electron chi connectivity index (χ3n) is 5.54. The first-order valence-corrected chi connectivity index (χ1v) is 8.00. The molecule has 0 bridgehead atoms. The van der Waals surface area contributed by atoms with Crippen molar-refractivity contribution < 1.29 is 9.53 Å². The van der Waals surface area contributed by atoms with Crippen LogP contribution in [0.4, 0.5) is 0 Å². The van der Waals surface area contributed by atoms with Gasteiger partial charge in [-0.3, -0.25) is 4.79 Å². The van der Waals surface area contributed by atoms with Crippen molar-refractivity contribution in [3.63, 3.8) is 0 Å². The molecular formula is C18H21NO2. The van der Waals surface area contributed by atoms with Gasteiger partial charge in [0.1, 0.15) is 0 Å². The summed E-state index contributed by atoms with van der Waals surface area (Å²) in [5.41, 5.74) is 3.97. The normalized spacial score (nSPS) is 26.8. The Hall–Kier alpha value is -1.77. The Morgan fingerprint density at radius 1 is 1.38 bits per heavy atom. The lowest BCUT2D eigenvalue weighted by Crippen LogP contribution is -2.49. The molecule has 4 rings (SSSR count). The van der Waals surface area contributed by atoms with Gasteiger partial charge in [-0.05, 0) is 50.2 Å². The zero-order valence-corrected chi connectivity index (χ0v) is 12.4. The maximum atomic E-state index is 12.1. The summed E-state index contributed by atoms with van der Waals surface area (Å²) in [7, 11) is 0. The van der Waals surface area contributed by atoms with Crippen molar-refractivity contribution in [1.29, 1.82) is 0 Å². The van der Waals surface area contributed by atoms with Gasteiger partial charge in [-0.15, -0.1) is 0 Å². The van der Waals surface area contributed by atoms with Gasteiger partial charge in [-0.25, -0.2) is 0 Å². The molecule has 0 unspecified atom stereocenters. The van der Waals surface area contributed by atoms with E-state index in [-0.39, 0.29) is 11.4 Å². The maximum Gasteiger partial charge on any atom is 0.306 e. The molecule has 0 spiro atoms. The monoisotopic (exact) mass is 283 g/mol. The van der Waals surface area contributed by atoms with E-state index in [1.54, 1.807) is 0 Å². The Labute approximate surface area is 124 Å². The molecule has 1 N–H and O–H groups in total. The fourth-order valence-electron chi connectivity index (χ4n) is 4.44. The number of aromatic nitrogens is 1. The fraction of sp³-hybridized carbons (Fsp3) is 0.500. The summed E-state index contributed by atoms with van der Waals surface area (Å²) in [5, 5.41) is 1.33. The van der Waals surface area contributed by atoms with Crippen LogP contribution in [0.2, 0.25) is 0 Å². The molecule has 0 amide bonds. The van der Waals surface area contributed by atoms with Crippen molar-refractivity contribution in [2.45, 2.75) is 44.4 Å². The highest BCUT2D eigenvalue weighted by molar-refractivity contribution is 5.86. The Kier molecular flexibility index (Phi) is 2.84. The Morgan fingerprint density at radius 3 is 3.00 bits per heavy atom. The van der Waals surface area contributed by atoms with E-state index < -0.39 is 0 Å². The van der Waals surface area contributed by atoms with Gasteiger partial charge in [0.05, 0.1) is 13.0 Å². The van der Waals surface area contributed by atoms with Crippen LogP contribution in [0.1, 0.15) is 43.9 Å². The molecular weight excluding hydrogens is 262 g/mol. The lowest BCUT2D eigenvalue weighted by atomic mass is 9.52. The molecule has 1 saturated carbocycles. The Balaban J connectivity index is 1.80. The van der Waals surface area contributed by atoms with Crippen LogP contribution in [0, 0.1) is 5.92 Å². The molecule has 0 radical (unpaired) electrons. The summed E-state index contributed by atoms with van der Waals surface area (Å²) in [6, 6.07) is 8.50. The average molecular weight is 283 g/mol. The lowest BCUT2D eigenvalue weighted by molar-refractivity contribution is -0.147. The number of benzene rings is 1. The van der Waals surface area contributed by atoms with Gasteiger partial charge in [-0.2, -0.15) is 0 Å². The summed E-state index contributed by atoms with van der Waals surface area (Å²) in [6.07, 6.45) is 5.22. The number of esters is 1. The predicted octanol–water partition coefficient (Wildman–Crippen LogP) is 3.72. The number of nitrogens with one attached hydrogen (secondary N) is 1. The van der Waals surface area contributed by atoms with E-state index in [0.717, 1.165) is 12.8 Å². The van der Waals surface area contributed by atoms with Crippen LogP contribution in [0.15, 0.2) is 24.3 Å². The second kappa shape index (κ2) is 4.62. The van der Waals surface area contributed by atoms with Crippen molar-refractivity contribution >= 4 is 16.9 Å². The predicted molar refractivity (Wildman–Crippen MR) is 82.3 cm³/mol. The van der Waals surface area contributed by atoms with Gasteiger partial charge in [-0.1, -0.05) is 18.2 Å². The number of aromatic amines is 1. The van der Waals surface area contributed by atoms with Gasteiger partial charge in [0, 0.05) is 22.0 Å². The number of fused-ring (bicyclic) bond motifs is 5. The molecule has 1 aromatic heterocycles. The van der Waals surface area contributed by atoms with Crippen molar-refractivity contribution in [2.24, 2.45) is 5.92 Å². The van der Waals surface area contributed by atoms with Crippen LogP contribution < -0.4 is 0 Å². The van der Waals surface area contributed by atoms with Crippen molar-refractivity contribution in [2.75, 3.05) is 6.61 Å². The van der Waals surface area contributed by atoms with Gasteiger partial charge in [0.2, 0.25) is 0 Å². The van der Waals surface area contributed by atoms with Crippen molar-refractivity contribution in [3.05, 3.63) is 35.5 Å². The first-order chi connectivity index (χ1) is 10.2. The van der Waals surface area contributed by atoms with Crippen LogP contribution >= 0.6 is 0 Å². The van der Waals surface area contributed by atoms with Gasteiger partial charge in [0.15, 0.2) is 0 Å². The quantitative estimate of drug-likeness (QED) is 0.872. The summed E-state index contributed by atoms with van der Waals surface area (Å²) >= 11 is 0. The second-order valence-electron chi connectivity index (χ2n) is 6.44. The minimum absolute atomic E-state index is 0.0128. The number of aryl methyl sites for hydroxylation is 1. The minimum Gasteiger partial charge on any atom is -0.466 e. The second-order valence-corrected chi connectivity index (χ2v) is 6.44. The molecule has 3 heteroatoms. The molecule has 2 atom stereocenters. The average Bonchev–Trinajstić information content (AvgIpc) is 2.83. The maximum absolute atomic E-state index is 12.1. The van der Waals surface area contributed by atoms with E-state index in [1.165, 1.54) is 35.0 Å². The number of para-hydroxylation sites is 1. The van der Waals surface area contributed by atoms with E-state index in [4.69, 9.17) is 4.74 Å². The smallest absolute Gasteiger partial charge is 0.306 e. The first-order valence-electron chi connectivity index (χ1n) is 8.00. The summed E-state index contributed by atoms with van der Waals surface area (Å²) in [4.78, 5) is 15.7. The van der Waals surface area contributed by atoms with Crippen LogP contribution in [0.5, 0.6) is 0 Å². The number of carbonyl (C=O) groups excluding carboxylic acids is 1. The SMILES string of the molecule is CCOC(=O)C[C@@]12CC[C@@H]1CCc1c2[nH]c2ccccc12. The third kappa shape index (κ3) is 1.76. The lowest BCUT2D eigenvalue weighted by Gasteiger charge is -2.52. The topological polar surface area (TPSA) is 42.1 Å². The number of H-pyrrole nitrogens is 1. The number of ether oxygens (including phenoxy) is 1. The summed E-state index contributed by atoms with van der Waals surface area (Å²) < 4.78 is 5.23. The number of rotatable bonds is 3. The highest BCUT2D eigenvalue weighted by atomic mass is 16.5. The number of carbonyl (C=O) groups is 1. The number of hydrogen-bond donors (Lipinski definition) is 1. The summed E-state index contributed by atoms with van der Waals surface area (Å²) in [5.74, 6) is 0.594. The largest absolute Gasteiger partial charge is 0.466 e. The molecule has 0 aliphatic heterocycles. The Bertz CT molecular complexity index is 702. The van der Waals surface area contributed by atoms with Crippen LogP contribution in [-0.2, 0) is 21.4 Å². The molecule has 0 saturated heterocycles. The van der Waals surface area contributed by atoms with Gasteiger partial charge >= 0.3 is 5.97 Å². The zero-order valence-electron chi connectivity index (χ0n) is 12.4. The molecule has 2 aliphatic rings. The van der Waals surface area contributed by atoms with Gasteiger partial charge < -0.3 is 9.72 Å². The molecule has 1 aromatic carbocycles. The van der Waals surface area contributed by atoms with E-state index in [9.17, 15) is 4.79 Å². The molecule has 110 valence electrons. The van der Waals surface area contributed by atoms with Crippen molar-refractivity contribution in [1.82, 2.24) is 4.98 Å². The molecule has 3 nitrogen and oxygen atoms in total. The standard InChI is InChI=1S/C18H21NO2/c1-2-21-16(20)11-18-10-9-12(18)7-8-14-13-5-3-4-6-15(13)19-17(14)18/h3-6,12,19H,2,7-11H2,1H3/t12-,18-/m0/s1. The van der Waals surface area contributed by atoms with Crippen LogP contribution in [0.25, 0.3) is 10.9 Å². The van der Waals surface area contributed by atoms with E-state index in [2.05, 4.69) is 29.2 Å². The van der Waals surface area contributed by atoms with Crippen molar-refractivity contribution in [3.8, 4) is 0 Å². The van der Waals surface area contributed by atoms with E-state index in [1.807, 2.05) is 6.92 Å². The number of hydrogen-bond acceptors (Lipinski definition) is 2. The van der Waals surface area contributed by atoms with Crippen LogP contribution in [0.3, 0.4) is 0 Å². The molecule has 21 heavy (non-hydrogen) atoms. The van der Waals surface area contributed by atoms with E-state index in [0.29, 0.717) is 18.9 Å². The highest BCUT2D eigenvalue weighted by Crippen LogP contribution is 2.57. The van der Waals surface area contributed by atoms with Gasteiger partial charge in [0.25, 0.3) is 0 Å². The summed E-state index contributed by atoms with van der Waals surface area (Å²) in [6.45, 7) is 2.35. The highest BCUT2D eigenvalue weighted by Gasteiger charge is 2.53. The van der Waals surface area contributed by atoms with Crippen LogP contribution in [-0.4, -0.2) is 17.6 Å².